The molecule has 2 amide bonds. The molecule has 2 fully saturated rings. The summed E-state index contributed by atoms with van der Waals surface area (Å²) in [4.78, 5) is 39.0. The molecule has 0 spiro atoms. The Hall–Kier alpha value is -2.25. The Bertz CT molecular complexity index is 712. The van der Waals surface area contributed by atoms with Gasteiger partial charge in [-0.25, -0.2) is 9.69 Å². The SMILES string of the molecule is C[C@@H](C(=O)[C@@H](C)C1(C)OCCO1)C(=O)N1C(=O)OC[C@@H]1Cc1ccccc1. The fourth-order valence-electron chi connectivity index (χ4n) is 3.51. The molecule has 27 heavy (non-hydrogen) atoms. The molecular formula is C20H25NO6. The lowest BCUT2D eigenvalue weighted by Gasteiger charge is -2.31. The highest BCUT2D eigenvalue weighted by molar-refractivity contribution is 6.07. The summed E-state index contributed by atoms with van der Waals surface area (Å²) in [6.07, 6.45) is -0.216. The molecule has 2 saturated heterocycles. The number of hydrogen-bond acceptors (Lipinski definition) is 6. The van der Waals surface area contributed by atoms with Crippen LogP contribution in [0.1, 0.15) is 26.3 Å². The number of carbonyl (C=O) groups is 3. The molecule has 0 radical (unpaired) electrons. The number of cyclic esters (lactones) is 1. The Morgan fingerprint density at radius 1 is 1.19 bits per heavy atom. The molecule has 7 heteroatoms. The molecule has 2 aliphatic heterocycles. The van der Waals surface area contributed by atoms with Gasteiger partial charge in [0, 0.05) is 0 Å². The average Bonchev–Trinajstić information content (AvgIpc) is 3.27. The third kappa shape index (κ3) is 3.89. The van der Waals surface area contributed by atoms with Crippen LogP contribution in [0.15, 0.2) is 30.3 Å². The standard InChI is InChI=1S/C20H25NO6/c1-13(17(22)14(2)20(3)26-9-10-27-20)18(23)21-16(12-25-19(21)24)11-15-7-5-4-6-8-15/h4-8,13-14,16H,9-12H2,1-3H3/t13-,14+,16-/m0/s1. The van der Waals surface area contributed by atoms with E-state index >= 15 is 0 Å². The van der Waals surface area contributed by atoms with Crippen molar-refractivity contribution in [2.75, 3.05) is 19.8 Å². The Kier molecular flexibility index (Phi) is 5.62. The van der Waals surface area contributed by atoms with Gasteiger partial charge in [0.2, 0.25) is 5.91 Å². The van der Waals surface area contributed by atoms with Gasteiger partial charge in [0.1, 0.15) is 6.61 Å². The van der Waals surface area contributed by atoms with Gasteiger partial charge in [-0.1, -0.05) is 37.3 Å². The number of ketones is 1. The second-order valence-electron chi connectivity index (χ2n) is 7.19. The molecule has 0 aromatic heterocycles. The summed E-state index contributed by atoms with van der Waals surface area (Å²) in [6, 6.07) is 9.13. The van der Waals surface area contributed by atoms with E-state index in [4.69, 9.17) is 14.2 Å². The van der Waals surface area contributed by atoms with Crippen LogP contribution < -0.4 is 0 Å². The van der Waals surface area contributed by atoms with Gasteiger partial charge < -0.3 is 14.2 Å². The highest BCUT2D eigenvalue weighted by Gasteiger charge is 2.47. The van der Waals surface area contributed by atoms with Gasteiger partial charge in [0.05, 0.1) is 31.1 Å². The van der Waals surface area contributed by atoms with Crippen molar-refractivity contribution < 1.29 is 28.6 Å². The van der Waals surface area contributed by atoms with E-state index in [1.54, 1.807) is 13.8 Å². The minimum Gasteiger partial charge on any atom is -0.447 e. The Balaban J connectivity index is 1.72. The first-order chi connectivity index (χ1) is 12.8. The lowest BCUT2D eigenvalue weighted by Crippen LogP contribution is -2.48. The largest absolute Gasteiger partial charge is 0.447 e. The van der Waals surface area contributed by atoms with E-state index in [1.165, 1.54) is 6.92 Å². The molecule has 2 heterocycles. The average molecular weight is 375 g/mol. The van der Waals surface area contributed by atoms with Crippen LogP contribution in [0.25, 0.3) is 0 Å². The molecule has 3 rings (SSSR count). The highest BCUT2D eigenvalue weighted by Crippen LogP contribution is 2.31. The maximum Gasteiger partial charge on any atom is 0.417 e. The van der Waals surface area contributed by atoms with Gasteiger partial charge in [0.25, 0.3) is 0 Å². The topological polar surface area (TPSA) is 82.1 Å². The molecule has 0 unspecified atom stereocenters. The predicted octanol–water partition coefficient (Wildman–Crippen LogP) is 2.18. The summed E-state index contributed by atoms with van der Waals surface area (Å²) in [7, 11) is 0. The maximum absolute atomic E-state index is 12.9. The van der Waals surface area contributed by atoms with E-state index in [1.807, 2.05) is 30.3 Å². The molecule has 146 valence electrons. The van der Waals surface area contributed by atoms with Crippen molar-refractivity contribution >= 4 is 17.8 Å². The molecule has 0 saturated carbocycles. The third-order valence-electron chi connectivity index (χ3n) is 5.38. The fourth-order valence-corrected chi connectivity index (χ4v) is 3.51. The summed E-state index contributed by atoms with van der Waals surface area (Å²) in [6.45, 7) is 5.84. The van der Waals surface area contributed by atoms with E-state index < -0.39 is 35.7 Å². The van der Waals surface area contributed by atoms with Gasteiger partial charge in [0.15, 0.2) is 11.6 Å². The van der Waals surface area contributed by atoms with Crippen molar-refractivity contribution in [1.82, 2.24) is 4.90 Å². The zero-order valence-electron chi connectivity index (χ0n) is 15.8. The number of ether oxygens (including phenoxy) is 3. The lowest BCUT2D eigenvalue weighted by atomic mass is 9.88. The minimum absolute atomic E-state index is 0.125. The molecule has 7 nitrogen and oxygen atoms in total. The molecule has 2 aliphatic rings. The first kappa shape index (κ1) is 19.5. The van der Waals surface area contributed by atoms with E-state index in [2.05, 4.69) is 0 Å². The van der Waals surface area contributed by atoms with Gasteiger partial charge in [-0.2, -0.15) is 0 Å². The number of nitrogens with zero attached hydrogens (tertiary/aromatic N) is 1. The number of carbonyl (C=O) groups excluding carboxylic acids is 3. The zero-order valence-corrected chi connectivity index (χ0v) is 15.8. The summed E-state index contributed by atoms with van der Waals surface area (Å²) in [5.41, 5.74) is 0.992. The Morgan fingerprint density at radius 2 is 1.81 bits per heavy atom. The third-order valence-corrected chi connectivity index (χ3v) is 5.38. The van der Waals surface area contributed by atoms with Gasteiger partial charge in [-0.3, -0.25) is 9.59 Å². The number of benzene rings is 1. The summed E-state index contributed by atoms with van der Waals surface area (Å²) in [5, 5.41) is 0. The second kappa shape index (κ2) is 7.78. The van der Waals surface area contributed by atoms with Crippen LogP contribution in [0.5, 0.6) is 0 Å². The van der Waals surface area contributed by atoms with E-state index in [9.17, 15) is 14.4 Å². The van der Waals surface area contributed by atoms with Crippen molar-refractivity contribution in [1.29, 1.82) is 0 Å². The molecule has 1 aromatic rings. The zero-order chi connectivity index (χ0) is 19.6. The molecule has 1 aromatic carbocycles. The van der Waals surface area contributed by atoms with E-state index in [0.717, 1.165) is 10.5 Å². The molecule has 0 bridgehead atoms. The smallest absolute Gasteiger partial charge is 0.417 e. The van der Waals surface area contributed by atoms with Crippen LogP contribution in [-0.4, -0.2) is 54.3 Å². The molecule has 0 N–H and O–H groups in total. The van der Waals surface area contributed by atoms with E-state index in [-0.39, 0.29) is 12.4 Å². The van der Waals surface area contributed by atoms with Gasteiger partial charge in [-0.05, 0) is 25.8 Å². The maximum atomic E-state index is 12.9. The fraction of sp³-hybridized carbons (Fsp3) is 0.550. The monoisotopic (exact) mass is 375 g/mol. The van der Waals surface area contributed by atoms with Crippen LogP contribution in [0.3, 0.4) is 0 Å². The minimum atomic E-state index is -1.04. The van der Waals surface area contributed by atoms with Crippen molar-refractivity contribution in [3.8, 4) is 0 Å². The van der Waals surface area contributed by atoms with Gasteiger partial charge >= 0.3 is 6.09 Å². The normalized spacial score (nSPS) is 23.7. The van der Waals surface area contributed by atoms with Crippen molar-refractivity contribution in [3.05, 3.63) is 35.9 Å². The quantitative estimate of drug-likeness (QED) is 0.709. The second-order valence-corrected chi connectivity index (χ2v) is 7.19. The summed E-state index contributed by atoms with van der Waals surface area (Å²) >= 11 is 0. The number of hydrogen-bond donors (Lipinski definition) is 0. The number of amides is 2. The molecule has 3 atom stereocenters. The van der Waals surface area contributed by atoms with Gasteiger partial charge in [-0.15, -0.1) is 0 Å². The van der Waals surface area contributed by atoms with Crippen LogP contribution in [0.2, 0.25) is 0 Å². The number of rotatable bonds is 6. The van der Waals surface area contributed by atoms with Crippen LogP contribution in [-0.2, 0) is 30.2 Å². The first-order valence-electron chi connectivity index (χ1n) is 9.19. The van der Waals surface area contributed by atoms with E-state index in [0.29, 0.717) is 19.6 Å². The van der Waals surface area contributed by atoms with Crippen molar-refractivity contribution in [2.24, 2.45) is 11.8 Å². The van der Waals surface area contributed by atoms with Crippen LogP contribution in [0, 0.1) is 11.8 Å². The predicted molar refractivity (Wildman–Crippen MR) is 95.8 cm³/mol. The molecule has 0 aliphatic carbocycles. The van der Waals surface area contributed by atoms with Crippen LogP contribution in [0.4, 0.5) is 4.79 Å². The van der Waals surface area contributed by atoms with Crippen molar-refractivity contribution in [2.45, 2.75) is 39.0 Å². The highest BCUT2D eigenvalue weighted by atomic mass is 16.7. The molecular weight excluding hydrogens is 350 g/mol. The Labute approximate surface area is 158 Å². The summed E-state index contributed by atoms with van der Waals surface area (Å²) < 4.78 is 16.2. The first-order valence-corrected chi connectivity index (χ1v) is 9.19. The number of imide groups is 1. The van der Waals surface area contributed by atoms with Crippen molar-refractivity contribution in [3.63, 3.8) is 0 Å². The summed E-state index contributed by atoms with van der Waals surface area (Å²) in [5.74, 6) is -3.53. The lowest BCUT2D eigenvalue weighted by molar-refractivity contribution is -0.185. The number of Topliss-reactive ketones (excluding diaryl/α,β-unsaturated/α-hetero) is 1. The Morgan fingerprint density at radius 3 is 2.44 bits per heavy atom. The van der Waals surface area contributed by atoms with Crippen LogP contribution >= 0.6 is 0 Å².